The Balaban J connectivity index is 1.22. The molecule has 246 valence electrons. The molecule has 0 fully saturated rings. The summed E-state index contributed by atoms with van der Waals surface area (Å²) in [6.07, 6.45) is 0. The molecule has 0 N–H and O–H groups in total. The third-order valence-electron chi connectivity index (χ3n) is 10.5. The lowest BCUT2D eigenvalue weighted by molar-refractivity contribution is 0.669. The lowest BCUT2D eigenvalue weighted by atomic mass is 9.92. The highest BCUT2D eigenvalue weighted by Crippen LogP contribution is 2.42. The van der Waals surface area contributed by atoms with Gasteiger partial charge in [-0.3, -0.25) is 0 Å². The highest BCUT2D eigenvalue weighted by Gasteiger charge is 2.20. The van der Waals surface area contributed by atoms with E-state index >= 15 is 0 Å². The Kier molecular flexibility index (Phi) is 6.52. The van der Waals surface area contributed by atoms with Gasteiger partial charge in [0.25, 0.3) is 0 Å². The SMILES string of the molecule is c1ccc(-c2nc(-c3cc(-c4cccc5oc6ccccc6c45)cc4ccccc34)nc(-c3cc4ccccc4c4c3ccc3ccccc34)n2)cc1. The summed E-state index contributed by atoms with van der Waals surface area (Å²) in [5, 5.41) is 11.4. The highest BCUT2D eigenvalue weighted by molar-refractivity contribution is 6.23. The Morgan fingerprint density at radius 3 is 1.68 bits per heavy atom. The van der Waals surface area contributed by atoms with Crippen LogP contribution in [-0.2, 0) is 0 Å². The van der Waals surface area contributed by atoms with Gasteiger partial charge in [0.1, 0.15) is 11.2 Å². The lowest BCUT2D eigenvalue weighted by Gasteiger charge is -2.15. The Morgan fingerprint density at radius 1 is 0.302 bits per heavy atom. The standard InChI is InChI=1S/C49H29N3O/c1-2-14-31(15-3-1)47-50-48(52-49(51-47)42-28-33-17-6-9-20-37(33)45-36-19-8-4-13-30(36)25-26-39(42)45)41-29-34(27-32-16-5-7-18-35(32)41)38-22-12-24-44-46(38)40-21-10-11-23-43(40)53-44/h1-29H. The summed E-state index contributed by atoms with van der Waals surface area (Å²) in [6, 6.07) is 61.6. The second kappa shape index (κ2) is 11.7. The molecular weight excluding hydrogens is 647 g/mol. The van der Waals surface area contributed by atoms with Crippen LogP contribution in [0.4, 0.5) is 0 Å². The third-order valence-corrected chi connectivity index (χ3v) is 10.5. The van der Waals surface area contributed by atoms with Crippen LogP contribution < -0.4 is 0 Å². The second-order valence-electron chi connectivity index (χ2n) is 13.5. The van der Waals surface area contributed by atoms with Gasteiger partial charge in [0.05, 0.1) is 0 Å². The fourth-order valence-corrected chi connectivity index (χ4v) is 8.05. The Hall–Kier alpha value is -7.17. The molecule has 0 aliphatic rings. The fourth-order valence-electron chi connectivity index (χ4n) is 8.05. The van der Waals surface area contributed by atoms with Gasteiger partial charge in [-0.2, -0.15) is 0 Å². The minimum atomic E-state index is 0.623. The van der Waals surface area contributed by atoms with Crippen molar-refractivity contribution >= 4 is 65.0 Å². The van der Waals surface area contributed by atoms with E-state index in [9.17, 15) is 0 Å². The summed E-state index contributed by atoms with van der Waals surface area (Å²) >= 11 is 0. The summed E-state index contributed by atoms with van der Waals surface area (Å²) < 4.78 is 6.31. The molecule has 4 heteroatoms. The maximum Gasteiger partial charge on any atom is 0.164 e. The number of para-hydroxylation sites is 1. The van der Waals surface area contributed by atoms with E-state index in [1.165, 1.54) is 21.5 Å². The van der Waals surface area contributed by atoms with Crippen molar-refractivity contribution in [2.45, 2.75) is 0 Å². The summed E-state index contributed by atoms with van der Waals surface area (Å²) in [6.45, 7) is 0. The van der Waals surface area contributed by atoms with E-state index in [0.29, 0.717) is 17.5 Å². The van der Waals surface area contributed by atoms with Crippen molar-refractivity contribution in [2.24, 2.45) is 0 Å². The summed E-state index contributed by atoms with van der Waals surface area (Å²) in [5.74, 6) is 1.89. The number of hydrogen-bond donors (Lipinski definition) is 0. The van der Waals surface area contributed by atoms with E-state index < -0.39 is 0 Å². The minimum Gasteiger partial charge on any atom is -0.456 e. The number of aromatic nitrogens is 3. The van der Waals surface area contributed by atoms with Gasteiger partial charge in [0.2, 0.25) is 0 Å². The number of furan rings is 1. The number of nitrogens with zero attached hydrogens (tertiary/aromatic N) is 3. The molecule has 0 aliphatic heterocycles. The first-order valence-corrected chi connectivity index (χ1v) is 17.9. The Labute approximate surface area is 304 Å². The topological polar surface area (TPSA) is 51.8 Å². The van der Waals surface area contributed by atoms with Crippen LogP contribution in [0.2, 0.25) is 0 Å². The molecule has 53 heavy (non-hydrogen) atoms. The van der Waals surface area contributed by atoms with Crippen LogP contribution in [0.1, 0.15) is 0 Å². The molecule has 0 saturated heterocycles. The monoisotopic (exact) mass is 675 g/mol. The average molecular weight is 676 g/mol. The Bertz CT molecular complexity index is 3220. The summed E-state index contributed by atoms with van der Waals surface area (Å²) in [4.78, 5) is 15.9. The van der Waals surface area contributed by atoms with Crippen LogP contribution in [0.5, 0.6) is 0 Å². The van der Waals surface area contributed by atoms with Crippen molar-refractivity contribution in [1.82, 2.24) is 15.0 Å². The van der Waals surface area contributed by atoms with Gasteiger partial charge in [-0.1, -0.05) is 146 Å². The molecule has 9 aromatic carbocycles. The second-order valence-corrected chi connectivity index (χ2v) is 13.5. The van der Waals surface area contributed by atoms with Crippen molar-refractivity contribution in [3.63, 3.8) is 0 Å². The predicted octanol–water partition coefficient (Wildman–Crippen LogP) is 13.1. The normalized spacial score (nSPS) is 11.8. The molecule has 2 aromatic heterocycles. The quantitative estimate of drug-likeness (QED) is 0.174. The van der Waals surface area contributed by atoms with Crippen LogP contribution in [-0.4, -0.2) is 15.0 Å². The molecule has 11 aromatic rings. The van der Waals surface area contributed by atoms with Gasteiger partial charge in [-0.25, -0.2) is 15.0 Å². The van der Waals surface area contributed by atoms with E-state index in [2.05, 4.69) is 140 Å². The van der Waals surface area contributed by atoms with Gasteiger partial charge >= 0.3 is 0 Å². The van der Waals surface area contributed by atoms with E-state index in [0.717, 1.165) is 71.3 Å². The molecule has 11 rings (SSSR count). The fraction of sp³-hybridized carbons (Fsp3) is 0. The number of fused-ring (bicyclic) bond motifs is 9. The first kappa shape index (κ1) is 29.5. The van der Waals surface area contributed by atoms with Crippen molar-refractivity contribution in [3.05, 3.63) is 176 Å². The van der Waals surface area contributed by atoms with Crippen molar-refractivity contribution in [1.29, 1.82) is 0 Å². The summed E-state index contributed by atoms with van der Waals surface area (Å²) in [5.41, 5.74) is 6.76. The lowest BCUT2D eigenvalue weighted by Crippen LogP contribution is -2.01. The molecule has 0 spiro atoms. The van der Waals surface area contributed by atoms with Gasteiger partial charge in [0.15, 0.2) is 17.5 Å². The molecule has 0 amide bonds. The molecule has 0 atom stereocenters. The molecule has 0 unspecified atom stereocenters. The smallest absolute Gasteiger partial charge is 0.164 e. The number of benzene rings is 9. The van der Waals surface area contributed by atoms with Crippen LogP contribution in [0.25, 0.3) is 110 Å². The van der Waals surface area contributed by atoms with Crippen LogP contribution in [0, 0.1) is 0 Å². The van der Waals surface area contributed by atoms with E-state index in [1.807, 2.05) is 36.4 Å². The third kappa shape index (κ3) is 4.73. The van der Waals surface area contributed by atoms with Gasteiger partial charge in [0, 0.05) is 27.5 Å². The molecule has 0 radical (unpaired) electrons. The van der Waals surface area contributed by atoms with Crippen LogP contribution in [0.3, 0.4) is 0 Å². The maximum absolute atomic E-state index is 6.31. The van der Waals surface area contributed by atoms with E-state index in [1.54, 1.807) is 0 Å². The van der Waals surface area contributed by atoms with Gasteiger partial charge in [-0.15, -0.1) is 0 Å². The maximum atomic E-state index is 6.31. The summed E-state index contributed by atoms with van der Waals surface area (Å²) in [7, 11) is 0. The highest BCUT2D eigenvalue weighted by atomic mass is 16.3. The minimum absolute atomic E-state index is 0.623. The van der Waals surface area contributed by atoms with Crippen LogP contribution in [0.15, 0.2) is 180 Å². The zero-order chi connectivity index (χ0) is 34.9. The zero-order valence-electron chi connectivity index (χ0n) is 28.5. The van der Waals surface area contributed by atoms with Gasteiger partial charge < -0.3 is 4.42 Å². The average Bonchev–Trinajstić information content (AvgIpc) is 3.62. The van der Waals surface area contributed by atoms with Gasteiger partial charge in [-0.05, 0) is 84.5 Å². The largest absolute Gasteiger partial charge is 0.456 e. The number of hydrogen-bond acceptors (Lipinski definition) is 4. The predicted molar refractivity (Wildman–Crippen MR) is 219 cm³/mol. The van der Waals surface area contributed by atoms with Crippen molar-refractivity contribution in [3.8, 4) is 45.3 Å². The van der Waals surface area contributed by atoms with Crippen molar-refractivity contribution in [2.75, 3.05) is 0 Å². The Morgan fingerprint density at radius 2 is 0.887 bits per heavy atom. The molecule has 0 saturated carbocycles. The first-order valence-electron chi connectivity index (χ1n) is 17.9. The molecular formula is C49H29N3O. The van der Waals surface area contributed by atoms with Crippen molar-refractivity contribution < 1.29 is 4.42 Å². The molecule has 4 nitrogen and oxygen atoms in total. The molecule has 0 aliphatic carbocycles. The molecule has 2 heterocycles. The van der Waals surface area contributed by atoms with Crippen LogP contribution >= 0.6 is 0 Å². The zero-order valence-corrected chi connectivity index (χ0v) is 28.5. The number of rotatable bonds is 4. The molecule has 0 bridgehead atoms. The van der Waals surface area contributed by atoms with E-state index in [-0.39, 0.29) is 0 Å². The van der Waals surface area contributed by atoms with E-state index in [4.69, 9.17) is 19.4 Å². The first-order chi connectivity index (χ1) is 26.3.